The monoisotopic (exact) mass is 232 g/mol. The zero-order valence-corrected chi connectivity index (χ0v) is 11.5. The van der Waals surface area contributed by atoms with Crippen LogP contribution in [-0.2, 0) is 0 Å². The average Bonchev–Trinajstić information content (AvgIpc) is 2.43. The first-order chi connectivity index (χ1) is 8.09. The van der Waals surface area contributed by atoms with Crippen LogP contribution in [0.4, 0.5) is 0 Å². The summed E-state index contributed by atoms with van der Waals surface area (Å²) < 4.78 is 0. The average molecular weight is 232 g/mol. The summed E-state index contributed by atoms with van der Waals surface area (Å²) in [5.41, 5.74) is 5.76. The van der Waals surface area contributed by atoms with E-state index in [2.05, 4.69) is 50.2 Å². The first kappa shape index (κ1) is 12.6. The quantitative estimate of drug-likeness (QED) is 0.800. The molecule has 1 unspecified atom stereocenters. The van der Waals surface area contributed by atoms with Crippen LogP contribution in [0, 0.1) is 20.8 Å². The molecule has 1 aromatic carbocycles. The number of benzene rings is 1. The summed E-state index contributed by atoms with van der Waals surface area (Å²) in [4.78, 5) is 2.49. The molecule has 2 heteroatoms. The third kappa shape index (κ3) is 2.70. The molecule has 0 aromatic heterocycles. The van der Waals surface area contributed by atoms with Crippen LogP contribution in [0.25, 0.3) is 0 Å². The van der Waals surface area contributed by atoms with E-state index in [1.807, 2.05) is 0 Å². The van der Waals surface area contributed by atoms with Crippen LogP contribution >= 0.6 is 0 Å². The fraction of sp³-hybridized carbons (Fsp3) is 0.600. The molecule has 1 aliphatic heterocycles. The van der Waals surface area contributed by atoms with Crippen LogP contribution in [0.1, 0.15) is 34.7 Å². The van der Waals surface area contributed by atoms with Gasteiger partial charge in [-0.2, -0.15) is 0 Å². The van der Waals surface area contributed by atoms with Crippen molar-refractivity contribution in [1.82, 2.24) is 10.2 Å². The van der Waals surface area contributed by atoms with Crippen molar-refractivity contribution < 1.29 is 0 Å². The number of nitrogens with zero attached hydrogens (tertiary/aromatic N) is 1. The highest BCUT2D eigenvalue weighted by atomic mass is 15.2. The van der Waals surface area contributed by atoms with Crippen LogP contribution in [-0.4, -0.2) is 31.6 Å². The summed E-state index contributed by atoms with van der Waals surface area (Å²) in [6, 6.07) is 5.14. The van der Waals surface area contributed by atoms with Gasteiger partial charge in [-0.15, -0.1) is 0 Å². The van der Waals surface area contributed by atoms with E-state index in [9.17, 15) is 0 Å². The number of likely N-dealkylation sites (N-methyl/N-ethyl adjacent to an activating group) is 1. The van der Waals surface area contributed by atoms with Gasteiger partial charge in [0.2, 0.25) is 0 Å². The molecule has 2 nitrogen and oxygen atoms in total. The van der Waals surface area contributed by atoms with Crippen molar-refractivity contribution in [3.63, 3.8) is 0 Å². The minimum absolute atomic E-state index is 0.526. The highest BCUT2D eigenvalue weighted by Gasteiger charge is 2.22. The predicted molar refractivity (Wildman–Crippen MR) is 73.5 cm³/mol. The molecule has 1 aliphatic rings. The fourth-order valence-electron chi connectivity index (χ4n) is 3.04. The zero-order valence-electron chi connectivity index (χ0n) is 11.5. The Morgan fingerprint density at radius 1 is 1.18 bits per heavy atom. The van der Waals surface area contributed by atoms with Gasteiger partial charge < -0.3 is 5.32 Å². The molecule has 0 saturated carbocycles. The zero-order chi connectivity index (χ0) is 12.4. The fourth-order valence-corrected chi connectivity index (χ4v) is 3.04. The Morgan fingerprint density at radius 2 is 1.82 bits per heavy atom. The highest BCUT2D eigenvalue weighted by Crippen LogP contribution is 2.27. The second-order valence-electron chi connectivity index (χ2n) is 5.37. The van der Waals surface area contributed by atoms with E-state index in [1.54, 1.807) is 0 Å². The van der Waals surface area contributed by atoms with Crippen LogP contribution in [0.15, 0.2) is 12.1 Å². The molecule has 0 aliphatic carbocycles. The van der Waals surface area contributed by atoms with Crippen LogP contribution in [0.2, 0.25) is 0 Å². The lowest BCUT2D eigenvalue weighted by molar-refractivity contribution is 0.260. The van der Waals surface area contributed by atoms with E-state index in [-0.39, 0.29) is 0 Å². The van der Waals surface area contributed by atoms with E-state index in [0.717, 1.165) is 13.1 Å². The van der Waals surface area contributed by atoms with Gasteiger partial charge in [0.25, 0.3) is 0 Å². The van der Waals surface area contributed by atoms with Gasteiger partial charge in [0.1, 0.15) is 0 Å². The summed E-state index contributed by atoms with van der Waals surface area (Å²) in [5, 5.41) is 3.55. The summed E-state index contributed by atoms with van der Waals surface area (Å²) >= 11 is 0. The first-order valence-electron chi connectivity index (χ1n) is 6.58. The molecule has 1 N–H and O–H groups in total. The third-order valence-electron chi connectivity index (χ3n) is 3.81. The summed E-state index contributed by atoms with van der Waals surface area (Å²) in [7, 11) is 2.25. The largest absolute Gasteiger partial charge is 0.315 e. The Bertz CT molecular complexity index is 375. The normalized spacial score (nSPS) is 22.5. The number of hydrogen-bond acceptors (Lipinski definition) is 2. The minimum Gasteiger partial charge on any atom is -0.315 e. The molecule has 94 valence electrons. The number of nitrogens with one attached hydrogen (secondary N) is 1. The maximum absolute atomic E-state index is 3.55. The summed E-state index contributed by atoms with van der Waals surface area (Å²) in [5.74, 6) is 0. The molecule has 1 aromatic rings. The summed E-state index contributed by atoms with van der Waals surface area (Å²) in [6.45, 7) is 10.1. The molecule has 0 spiro atoms. The SMILES string of the molecule is Cc1cc(C)c(C2CNCCCN2C)c(C)c1. The van der Waals surface area contributed by atoms with Crippen molar-refractivity contribution >= 4 is 0 Å². The van der Waals surface area contributed by atoms with Gasteiger partial charge in [0.05, 0.1) is 0 Å². The molecule has 17 heavy (non-hydrogen) atoms. The molecule has 0 bridgehead atoms. The minimum atomic E-state index is 0.526. The van der Waals surface area contributed by atoms with Crippen molar-refractivity contribution in [3.8, 4) is 0 Å². The van der Waals surface area contributed by atoms with E-state index in [0.29, 0.717) is 6.04 Å². The molecule has 0 radical (unpaired) electrons. The lowest BCUT2D eigenvalue weighted by Gasteiger charge is -2.29. The lowest BCUT2D eigenvalue weighted by Crippen LogP contribution is -2.30. The molecular weight excluding hydrogens is 208 g/mol. The van der Waals surface area contributed by atoms with Gasteiger partial charge in [-0.25, -0.2) is 0 Å². The number of hydrogen-bond donors (Lipinski definition) is 1. The number of aryl methyl sites for hydroxylation is 3. The molecular formula is C15H24N2. The standard InChI is InChI=1S/C15H24N2/c1-11-8-12(2)15(13(3)9-11)14-10-16-6-5-7-17(14)4/h8-9,14,16H,5-7,10H2,1-4H3. The van der Waals surface area contributed by atoms with Gasteiger partial charge in [-0.3, -0.25) is 4.90 Å². The third-order valence-corrected chi connectivity index (χ3v) is 3.81. The van der Waals surface area contributed by atoms with Crippen molar-refractivity contribution in [2.45, 2.75) is 33.2 Å². The molecule has 1 fully saturated rings. The summed E-state index contributed by atoms with van der Waals surface area (Å²) in [6.07, 6.45) is 1.25. The Labute approximate surface area is 105 Å². The van der Waals surface area contributed by atoms with Gasteiger partial charge in [0, 0.05) is 12.6 Å². The van der Waals surface area contributed by atoms with Crippen molar-refractivity contribution in [3.05, 3.63) is 34.4 Å². The van der Waals surface area contributed by atoms with E-state index in [1.165, 1.54) is 35.2 Å². The van der Waals surface area contributed by atoms with Crippen LogP contribution < -0.4 is 5.32 Å². The highest BCUT2D eigenvalue weighted by molar-refractivity contribution is 5.40. The Kier molecular flexibility index (Phi) is 3.85. The van der Waals surface area contributed by atoms with Crippen molar-refractivity contribution in [2.24, 2.45) is 0 Å². The maximum Gasteiger partial charge on any atom is 0.0474 e. The van der Waals surface area contributed by atoms with Crippen molar-refractivity contribution in [2.75, 3.05) is 26.7 Å². The number of rotatable bonds is 1. The van der Waals surface area contributed by atoms with E-state index in [4.69, 9.17) is 0 Å². The second-order valence-corrected chi connectivity index (χ2v) is 5.37. The molecule has 1 heterocycles. The Balaban J connectivity index is 2.37. The molecule has 1 atom stereocenters. The van der Waals surface area contributed by atoms with Gasteiger partial charge >= 0.3 is 0 Å². The van der Waals surface area contributed by atoms with Gasteiger partial charge in [0.15, 0.2) is 0 Å². The molecule has 0 amide bonds. The van der Waals surface area contributed by atoms with Gasteiger partial charge in [-0.1, -0.05) is 17.7 Å². The Hall–Kier alpha value is -0.860. The van der Waals surface area contributed by atoms with E-state index < -0.39 is 0 Å². The first-order valence-corrected chi connectivity index (χ1v) is 6.58. The van der Waals surface area contributed by atoms with Crippen molar-refractivity contribution in [1.29, 1.82) is 0 Å². The predicted octanol–water partition coefficient (Wildman–Crippen LogP) is 2.58. The van der Waals surface area contributed by atoms with Gasteiger partial charge in [-0.05, 0) is 64.0 Å². The Morgan fingerprint density at radius 3 is 2.47 bits per heavy atom. The smallest absolute Gasteiger partial charge is 0.0474 e. The van der Waals surface area contributed by atoms with E-state index >= 15 is 0 Å². The lowest BCUT2D eigenvalue weighted by atomic mass is 9.93. The second kappa shape index (κ2) is 5.19. The molecule has 1 saturated heterocycles. The van der Waals surface area contributed by atoms with Crippen LogP contribution in [0.5, 0.6) is 0 Å². The molecule has 2 rings (SSSR count). The van der Waals surface area contributed by atoms with Crippen LogP contribution in [0.3, 0.4) is 0 Å². The maximum atomic E-state index is 3.55. The topological polar surface area (TPSA) is 15.3 Å².